The van der Waals surface area contributed by atoms with Gasteiger partial charge in [-0.15, -0.1) is 22.7 Å². The van der Waals surface area contributed by atoms with Crippen LogP contribution in [0.15, 0.2) is 56.1 Å². The van der Waals surface area contributed by atoms with Crippen LogP contribution >= 0.6 is 54.5 Å². The second-order valence-corrected chi connectivity index (χ2v) is 26.1. The molecule has 2 aromatic heterocycles. The first-order chi connectivity index (χ1) is 34.3. The highest BCUT2D eigenvalue weighted by Gasteiger charge is 2.37. The van der Waals surface area contributed by atoms with Crippen molar-refractivity contribution in [3.8, 4) is 0 Å². The summed E-state index contributed by atoms with van der Waals surface area (Å²) in [4.78, 5) is 36.9. The van der Waals surface area contributed by atoms with Crippen molar-refractivity contribution in [1.82, 2.24) is 0 Å². The molecule has 2 unspecified atom stereocenters. The summed E-state index contributed by atoms with van der Waals surface area (Å²) in [6.07, 6.45) is 41.2. The lowest BCUT2D eigenvalue weighted by atomic mass is 9.92. The average Bonchev–Trinajstić information content (AvgIpc) is 4.12. The third-order valence-corrected chi connectivity index (χ3v) is 18.8. The van der Waals surface area contributed by atoms with Crippen LogP contribution in [0.1, 0.15) is 243 Å². The number of hydrogen-bond donors (Lipinski definition) is 0. The molecule has 0 aliphatic carbocycles. The Morgan fingerprint density at radius 2 is 0.671 bits per heavy atom. The maximum absolute atomic E-state index is 15.2. The molecule has 4 aromatic rings. The van der Waals surface area contributed by atoms with E-state index in [9.17, 15) is 0 Å². The summed E-state index contributed by atoms with van der Waals surface area (Å²) in [5, 5.41) is 4.27. The number of hydrogen-bond acceptors (Lipinski definition) is 4. The third-order valence-electron chi connectivity index (χ3n) is 15.5. The van der Waals surface area contributed by atoms with Gasteiger partial charge in [-0.3, -0.25) is 9.59 Å². The van der Waals surface area contributed by atoms with Crippen molar-refractivity contribution in [2.24, 2.45) is 11.8 Å². The summed E-state index contributed by atoms with van der Waals surface area (Å²) >= 11 is 10.8. The maximum Gasteiger partial charge on any atom is 0.260 e. The topological polar surface area (TPSA) is 40.6 Å². The number of thiophene rings is 2. The summed E-state index contributed by atoms with van der Waals surface area (Å²) in [5.74, 6) is 1.15. The van der Waals surface area contributed by atoms with Gasteiger partial charge in [0, 0.05) is 44.1 Å². The van der Waals surface area contributed by atoms with E-state index < -0.39 is 0 Å². The number of amides is 2. The van der Waals surface area contributed by atoms with Crippen LogP contribution < -0.4 is 20.2 Å². The number of fused-ring (bicyclic) bond motifs is 5. The summed E-state index contributed by atoms with van der Waals surface area (Å²) < 4.78 is 2.08. The van der Waals surface area contributed by atoms with Crippen LogP contribution in [0.5, 0.6) is 0 Å². The number of nitrogens with zero attached hydrogens (tertiary/aromatic N) is 2. The van der Waals surface area contributed by atoms with E-state index in [1.54, 1.807) is 22.7 Å². The highest BCUT2D eigenvalue weighted by molar-refractivity contribution is 9.11. The second-order valence-electron chi connectivity index (χ2n) is 21.2. The molecule has 0 saturated carbocycles. The van der Waals surface area contributed by atoms with Crippen LogP contribution in [0.25, 0.3) is 21.9 Å². The predicted molar refractivity (Wildman–Crippen MR) is 314 cm³/mol. The second kappa shape index (κ2) is 31.5. The first kappa shape index (κ1) is 57.0. The van der Waals surface area contributed by atoms with Crippen molar-refractivity contribution in [3.63, 3.8) is 0 Å². The van der Waals surface area contributed by atoms with Crippen LogP contribution in [0.3, 0.4) is 0 Å². The molecule has 2 atom stereocenters. The van der Waals surface area contributed by atoms with Crippen molar-refractivity contribution in [2.45, 2.75) is 233 Å². The fourth-order valence-corrected chi connectivity index (χ4v) is 14.4. The molecule has 6 rings (SSSR count). The fraction of sp³-hybridized carbons (Fsp3) is 0.645. The minimum absolute atomic E-state index is 0.134. The Labute approximate surface area is 450 Å². The van der Waals surface area contributed by atoms with Crippen molar-refractivity contribution >= 4 is 99.6 Å². The monoisotopic (exact) mass is 1120 g/mol. The van der Waals surface area contributed by atoms with Gasteiger partial charge in [-0.1, -0.05) is 232 Å². The molecule has 0 N–H and O–H groups in total. The number of unbranched alkanes of at least 4 members (excludes halogenated alkanes) is 24. The van der Waals surface area contributed by atoms with Crippen LogP contribution in [0.4, 0.5) is 11.4 Å². The Morgan fingerprint density at radius 1 is 0.386 bits per heavy atom. The zero-order chi connectivity index (χ0) is 49.5. The van der Waals surface area contributed by atoms with Crippen molar-refractivity contribution in [3.05, 3.63) is 76.3 Å². The van der Waals surface area contributed by atoms with Gasteiger partial charge < -0.3 is 9.80 Å². The Hall–Kier alpha value is -2.26. The molecule has 2 aliphatic rings. The fourth-order valence-electron chi connectivity index (χ4n) is 11.5. The SMILES string of the molecule is CCCCCCCCCCC(CCCCCCCC)CN1C(=O)C(c2ccc(Br)s2)=c2ccc3c4c(ccc3c21)=C(c1ccc(Br)s1)C(=O)N4CC(CCCCCCCC)CCCCCCCCCC. The van der Waals surface area contributed by atoms with Crippen molar-refractivity contribution in [2.75, 3.05) is 22.9 Å². The molecular weight excluding hydrogens is 1030 g/mol. The van der Waals surface area contributed by atoms with Crippen LogP contribution in [0.2, 0.25) is 0 Å². The zero-order valence-corrected chi connectivity index (χ0v) is 48.9. The first-order valence-electron chi connectivity index (χ1n) is 28.8. The zero-order valence-electron chi connectivity index (χ0n) is 44.1. The normalized spacial score (nSPS) is 14.5. The molecule has 4 heterocycles. The molecule has 0 fully saturated rings. The van der Waals surface area contributed by atoms with Gasteiger partial charge in [0.15, 0.2) is 0 Å². The van der Waals surface area contributed by atoms with Gasteiger partial charge in [0.25, 0.3) is 11.8 Å². The van der Waals surface area contributed by atoms with E-state index in [0.717, 1.165) is 87.0 Å². The Kier molecular flexibility index (Phi) is 25.6. The Bertz CT molecular complexity index is 2170. The number of benzene rings is 2. The minimum Gasteiger partial charge on any atom is -0.307 e. The molecule has 0 spiro atoms. The highest BCUT2D eigenvalue weighted by atomic mass is 79.9. The van der Waals surface area contributed by atoms with Crippen LogP contribution in [0, 0.1) is 11.8 Å². The van der Waals surface area contributed by atoms with Crippen LogP contribution in [-0.4, -0.2) is 24.9 Å². The minimum atomic E-state index is 0.134. The average molecular weight is 1120 g/mol. The van der Waals surface area contributed by atoms with Crippen LogP contribution in [-0.2, 0) is 9.59 Å². The van der Waals surface area contributed by atoms with Gasteiger partial charge in [0.2, 0.25) is 0 Å². The molecule has 2 amide bonds. The van der Waals surface area contributed by atoms with Gasteiger partial charge in [0.05, 0.1) is 30.1 Å². The van der Waals surface area contributed by atoms with E-state index in [2.05, 4.69) is 118 Å². The molecule has 2 aromatic carbocycles. The molecule has 386 valence electrons. The van der Waals surface area contributed by atoms with E-state index in [1.807, 2.05) is 0 Å². The number of carbonyl (C=O) groups excluding carboxylic acids is 2. The van der Waals surface area contributed by atoms with E-state index in [1.165, 1.54) is 193 Å². The number of rotatable bonds is 38. The summed E-state index contributed by atoms with van der Waals surface area (Å²) in [6, 6.07) is 17.4. The summed E-state index contributed by atoms with van der Waals surface area (Å²) in [6.45, 7) is 10.7. The first-order valence-corrected chi connectivity index (χ1v) is 32.0. The molecule has 4 nitrogen and oxygen atoms in total. The number of anilines is 2. The Balaban J connectivity index is 1.36. The lowest BCUT2D eigenvalue weighted by Crippen LogP contribution is -2.34. The molecule has 2 aliphatic heterocycles. The van der Waals surface area contributed by atoms with Gasteiger partial charge in [-0.05, 0) is 93.6 Å². The maximum atomic E-state index is 15.2. The number of carbonyl (C=O) groups is 2. The molecule has 8 heteroatoms. The molecular formula is C62H90Br2N2O2S2. The van der Waals surface area contributed by atoms with Gasteiger partial charge in [-0.25, -0.2) is 0 Å². The smallest absolute Gasteiger partial charge is 0.260 e. The third kappa shape index (κ3) is 16.4. The highest BCUT2D eigenvalue weighted by Crippen LogP contribution is 2.41. The standard InChI is InChI=1S/C62H90Br2N2O2S2/c1-5-9-13-17-21-23-27-31-35-47(33-29-25-19-15-11-7-3)45-65-59-49-37-40-52-58(54-42-44-56(64)70-54)62(68)66(60(52)50(49)38-39-51(59)57(61(65)67)53-41-43-55(63)69-53)46-48(34-30-26-20-16-12-8-4)36-32-28-24-22-18-14-10-6-2/h37-44,47-48H,5-36,45-46H2,1-4H3. The lowest BCUT2D eigenvalue weighted by molar-refractivity contribution is -0.114. The van der Waals surface area contributed by atoms with E-state index in [4.69, 9.17) is 0 Å². The summed E-state index contributed by atoms with van der Waals surface area (Å²) in [7, 11) is 0. The molecule has 0 saturated heterocycles. The Morgan fingerprint density at radius 3 is 0.943 bits per heavy atom. The number of halogens is 2. The largest absolute Gasteiger partial charge is 0.307 e. The quantitative estimate of drug-likeness (QED) is 0.0420. The molecule has 0 radical (unpaired) electrons. The van der Waals surface area contributed by atoms with E-state index in [0.29, 0.717) is 11.8 Å². The van der Waals surface area contributed by atoms with Gasteiger partial charge in [-0.2, -0.15) is 0 Å². The summed E-state index contributed by atoms with van der Waals surface area (Å²) in [5.41, 5.74) is 3.75. The lowest BCUT2D eigenvalue weighted by Gasteiger charge is -2.28. The van der Waals surface area contributed by atoms with Gasteiger partial charge in [0.1, 0.15) is 0 Å². The van der Waals surface area contributed by atoms with E-state index >= 15 is 9.59 Å². The van der Waals surface area contributed by atoms with E-state index in [-0.39, 0.29) is 11.8 Å². The molecule has 70 heavy (non-hydrogen) atoms. The van der Waals surface area contributed by atoms with Crippen molar-refractivity contribution < 1.29 is 9.59 Å². The van der Waals surface area contributed by atoms with Crippen molar-refractivity contribution in [1.29, 1.82) is 0 Å². The predicted octanol–water partition coefficient (Wildman–Crippen LogP) is 19.4. The van der Waals surface area contributed by atoms with Gasteiger partial charge >= 0.3 is 0 Å². The molecule has 0 bridgehead atoms.